The van der Waals surface area contributed by atoms with E-state index < -0.39 is 0 Å². The highest BCUT2D eigenvalue weighted by Gasteiger charge is 2.09. The molecule has 4 aromatic carbocycles. The van der Waals surface area contributed by atoms with Gasteiger partial charge in [-0.3, -0.25) is 14.3 Å². The second-order valence-electron chi connectivity index (χ2n) is 9.23. The highest BCUT2D eigenvalue weighted by atomic mass is 35.5. The van der Waals surface area contributed by atoms with Gasteiger partial charge in [-0.05, 0) is 58.7 Å². The molecule has 210 valence electrons. The van der Waals surface area contributed by atoms with Crippen LogP contribution in [0, 0.1) is 0 Å². The maximum absolute atomic E-state index is 10.6. The third kappa shape index (κ3) is 9.00. The minimum atomic E-state index is 0.682. The van der Waals surface area contributed by atoms with Gasteiger partial charge in [-0.2, -0.15) is 5.10 Å². The van der Waals surface area contributed by atoms with Gasteiger partial charge in [-0.25, -0.2) is 0 Å². The first-order valence-corrected chi connectivity index (χ1v) is 13.3. The van der Waals surface area contributed by atoms with Crippen LogP contribution in [0.1, 0.15) is 21.5 Å². The maximum Gasteiger partial charge on any atom is 0.150 e. The Labute approximate surface area is 246 Å². The summed E-state index contributed by atoms with van der Waals surface area (Å²) in [7, 11) is 7.22. The molecule has 0 amide bonds. The largest absolute Gasteiger partial charge is 0.388 e. The fourth-order valence-corrected chi connectivity index (χ4v) is 4.33. The first-order valence-electron chi connectivity index (χ1n) is 12.9. The lowest BCUT2D eigenvalue weighted by atomic mass is 10.0. The van der Waals surface area contributed by atoms with Gasteiger partial charge in [-0.1, -0.05) is 78.3 Å². The van der Waals surface area contributed by atoms with E-state index >= 15 is 0 Å². The molecule has 0 aliphatic rings. The SMILES string of the molecule is CN(Cc1ccc(-c2ccc3c(cnn3C)c2)cc1Cl)c1cccc(/C=C/C=O)c1.COC.O=Cc1ccccc1. The molecular formula is C34H34ClN3O3. The van der Waals surface area contributed by atoms with Gasteiger partial charge in [0.15, 0.2) is 0 Å². The molecule has 1 heterocycles. The van der Waals surface area contributed by atoms with Crippen LogP contribution in [0.3, 0.4) is 0 Å². The molecule has 5 aromatic rings. The van der Waals surface area contributed by atoms with Crippen LogP contribution >= 0.6 is 11.6 Å². The molecule has 41 heavy (non-hydrogen) atoms. The van der Waals surface area contributed by atoms with Crippen molar-refractivity contribution in [1.82, 2.24) is 9.78 Å². The van der Waals surface area contributed by atoms with E-state index in [-0.39, 0.29) is 0 Å². The summed E-state index contributed by atoms with van der Waals surface area (Å²) in [5.74, 6) is 0. The van der Waals surface area contributed by atoms with Gasteiger partial charge < -0.3 is 9.64 Å². The number of aldehydes is 2. The number of hydrogen-bond donors (Lipinski definition) is 0. The minimum Gasteiger partial charge on any atom is -0.388 e. The lowest BCUT2D eigenvalue weighted by molar-refractivity contribution is -0.104. The first kappa shape index (κ1) is 31.0. The van der Waals surface area contributed by atoms with Crippen molar-refractivity contribution in [3.8, 4) is 11.1 Å². The molecule has 0 saturated heterocycles. The molecule has 0 radical (unpaired) electrons. The van der Waals surface area contributed by atoms with Crippen molar-refractivity contribution < 1.29 is 14.3 Å². The lowest BCUT2D eigenvalue weighted by Crippen LogP contribution is -2.16. The molecule has 0 spiro atoms. The Balaban J connectivity index is 0.000000354. The van der Waals surface area contributed by atoms with Crippen molar-refractivity contribution in [2.75, 3.05) is 26.2 Å². The Morgan fingerprint density at radius 3 is 2.22 bits per heavy atom. The summed E-state index contributed by atoms with van der Waals surface area (Å²) in [6.07, 6.45) is 6.79. The van der Waals surface area contributed by atoms with Crippen LogP contribution in [0.25, 0.3) is 28.1 Å². The molecule has 0 bridgehead atoms. The van der Waals surface area contributed by atoms with Crippen molar-refractivity contribution in [1.29, 1.82) is 0 Å². The fraction of sp³-hybridized carbons (Fsp3) is 0.147. The van der Waals surface area contributed by atoms with Gasteiger partial charge in [0.1, 0.15) is 12.6 Å². The number of fused-ring (bicyclic) bond motifs is 1. The molecule has 0 N–H and O–H groups in total. The van der Waals surface area contributed by atoms with E-state index in [1.165, 1.54) is 6.08 Å². The van der Waals surface area contributed by atoms with Gasteiger partial charge in [-0.15, -0.1) is 0 Å². The molecule has 1 aromatic heterocycles. The molecule has 0 unspecified atom stereocenters. The standard InChI is InChI=1S/C25H22ClN3O.C7H6O.C2H6O/c1-28(23-7-3-5-18(13-23)6-4-12-30)17-21-9-8-20(15-24(21)26)19-10-11-25-22(14-19)16-27-29(25)2;8-6-7-4-2-1-3-5-7;1-3-2/h3-16H,17H2,1-2H3;1-6H;1-2H3/b6-4+;;. The predicted molar refractivity (Wildman–Crippen MR) is 170 cm³/mol. The summed E-state index contributed by atoms with van der Waals surface area (Å²) in [5.41, 5.74) is 7.13. The van der Waals surface area contributed by atoms with Crippen molar-refractivity contribution in [3.05, 3.63) is 125 Å². The third-order valence-electron chi connectivity index (χ3n) is 6.15. The van der Waals surface area contributed by atoms with E-state index in [0.717, 1.165) is 62.0 Å². The van der Waals surface area contributed by atoms with E-state index in [9.17, 15) is 9.59 Å². The Morgan fingerprint density at radius 2 is 1.56 bits per heavy atom. The second-order valence-corrected chi connectivity index (χ2v) is 9.64. The van der Waals surface area contributed by atoms with Crippen LogP contribution in [0.2, 0.25) is 5.02 Å². The van der Waals surface area contributed by atoms with E-state index in [4.69, 9.17) is 11.6 Å². The monoisotopic (exact) mass is 567 g/mol. The smallest absolute Gasteiger partial charge is 0.150 e. The third-order valence-corrected chi connectivity index (χ3v) is 6.51. The van der Waals surface area contributed by atoms with Crippen LogP contribution in [0.4, 0.5) is 5.69 Å². The zero-order valence-electron chi connectivity index (χ0n) is 23.7. The summed E-state index contributed by atoms with van der Waals surface area (Å²) < 4.78 is 6.12. The van der Waals surface area contributed by atoms with Crippen LogP contribution < -0.4 is 4.90 Å². The van der Waals surface area contributed by atoms with Gasteiger partial charge in [0.25, 0.3) is 0 Å². The number of halogens is 1. The summed E-state index contributed by atoms with van der Waals surface area (Å²) in [5, 5.41) is 6.16. The van der Waals surface area contributed by atoms with E-state index in [1.54, 1.807) is 32.4 Å². The van der Waals surface area contributed by atoms with Crippen molar-refractivity contribution >= 4 is 46.8 Å². The summed E-state index contributed by atoms with van der Waals surface area (Å²) in [4.78, 5) is 22.7. The lowest BCUT2D eigenvalue weighted by Gasteiger charge is -2.21. The van der Waals surface area contributed by atoms with Gasteiger partial charge in [0.05, 0.1) is 11.7 Å². The molecular weight excluding hydrogens is 534 g/mol. The Hall–Kier alpha value is -4.52. The molecule has 6 nitrogen and oxygen atoms in total. The fourth-order valence-electron chi connectivity index (χ4n) is 4.09. The molecule has 5 rings (SSSR count). The van der Waals surface area contributed by atoms with Crippen molar-refractivity contribution in [2.45, 2.75) is 6.54 Å². The number of nitrogens with zero attached hydrogens (tertiary/aromatic N) is 3. The summed E-state index contributed by atoms with van der Waals surface area (Å²) in [6.45, 7) is 0.682. The zero-order chi connectivity index (χ0) is 29.6. The number of ether oxygens (including phenoxy) is 1. The minimum absolute atomic E-state index is 0.682. The van der Waals surface area contributed by atoms with Crippen LogP contribution in [0.5, 0.6) is 0 Å². The predicted octanol–water partition coefficient (Wildman–Crippen LogP) is 7.50. The number of carbonyl (C=O) groups is 2. The maximum atomic E-state index is 10.6. The molecule has 0 saturated carbocycles. The van der Waals surface area contributed by atoms with Crippen molar-refractivity contribution in [3.63, 3.8) is 0 Å². The average Bonchev–Trinajstić information content (AvgIpc) is 3.38. The molecule has 0 fully saturated rings. The number of benzene rings is 4. The van der Waals surface area contributed by atoms with Crippen LogP contribution in [-0.2, 0) is 23.1 Å². The average molecular weight is 568 g/mol. The van der Waals surface area contributed by atoms with Gasteiger partial charge >= 0.3 is 0 Å². The number of methoxy groups -OCH3 is 1. The van der Waals surface area contributed by atoms with Gasteiger partial charge in [0, 0.05) is 56.5 Å². The van der Waals surface area contributed by atoms with Crippen molar-refractivity contribution in [2.24, 2.45) is 7.05 Å². The number of rotatable bonds is 7. The topological polar surface area (TPSA) is 64.4 Å². The highest BCUT2D eigenvalue weighted by molar-refractivity contribution is 6.31. The highest BCUT2D eigenvalue weighted by Crippen LogP contribution is 2.29. The number of anilines is 1. The Morgan fingerprint density at radius 1 is 0.878 bits per heavy atom. The number of allylic oxidation sites excluding steroid dienone is 1. The Bertz CT molecular complexity index is 1600. The van der Waals surface area contributed by atoms with Gasteiger partial charge in [0.2, 0.25) is 0 Å². The van der Waals surface area contributed by atoms with Crippen LogP contribution in [0.15, 0.2) is 103 Å². The zero-order valence-corrected chi connectivity index (χ0v) is 24.5. The molecule has 0 atom stereocenters. The number of aryl methyl sites for hydroxylation is 1. The Kier molecular flexibility index (Phi) is 12.0. The van der Waals surface area contributed by atoms with Crippen LogP contribution in [-0.4, -0.2) is 43.6 Å². The number of aromatic nitrogens is 2. The molecule has 0 aliphatic heterocycles. The quantitative estimate of drug-likeness (QED) is 0.150. The summed E-state index contributed by atoms with van der Waals surface area (Å²) >= 11 is 6.64. The molecule has 0 aliphatic carbocycles. The molecule has 7 heteroatoms. The van der Waals surface area contributed by atoms with E-state index in [1.807, 2.05) is 73.5 Å². The second kappa shape index (κ2) is 15.9. The number of hydrogen-bond acceptors (Lipinski definition) is 5. The summed E-state index contributed by atoms with van der Waals surface area (Å²) in [6, 6.07) is 29.7. The first-order chi connectivity index (χ1) is 19.9. The van der Waals surface area contributed by atoms with E-state index in [2.05, 4.69) is 45.1 Å². The normalized spacial score (nSPS) is 10.4. The number of carbonyl (C=O) groups excluding carboxylic acids is 2. The van der Waals surface area contributed by atoms with E-state index in [0.29, 0.717) is 6.54 Å².